The zero-order chi connectivity index (χ0) is 44.1. The van der Waals surface area contributed by atoms with E-state index in [0.29, 0.717) is 5.92 Å². The highest BCUT2D eigenvalue weighted by molar-refractivity contribution is 6.11. The van der Waals surface area contributed by atoms with Crippen LogP contribution < -0.4 is 4.90 Å². The molecule has 11 aromatic rings. The Bertz CT molecular complexity index is 3740. The van der Waals surface area contributed by atoms with E-state index in [-0.39, 0.29) is 0 Å². The highest BCUT2D eigenvalue weighted by Crippen LogP contribution is 2.64. The number of hydrogen-bond acceptors (Lipinski definition) is 1. The summed E-state index contributed by atoms with van der Waals surface area (Å²) in [6, 6.07) is 84.7. The average Bonchev–Trinajstić information content (AvgIpc) is 3.88. The Morgan fingerprint density at radius 3 is 1.84 bits per heavy atom. The predicted molar refractivity (Wildman–Crippen MR) is 281 cm³/mol. The van der Waals surface area contributed by atoms with Crippen molar-refractivity contribution >= 4 is 49.6 Å². The molecule has 10 aromatic carbocycles. The van der Waals surface area contributed by atoms with Crippen LogP contribution >= 0.6 is 0 Å². The Morgan fingerprint density at radius 1 is 0.418 bits per heavy atom. The standard InChI is InChI=1S/C65H48N2/c1-4-19-43(20-5-1)49-26-12-16-33-60(49)66(48-37-40-55-54-29-13-17-34-61(54)67(62(55)42-48)46-24-8-3-9-25-46)47-36-39-53-51-27-10-14-31-57(51)65(59(53)41-47)58-32-15-11-28-52(58)56-30-18-23-45-35-38-50(64(65)63(45)56)44-21-6-2-7-22-44/h1,3-5,8-20,23-42,44H,2,6-7,21-22H2. The number of aromatic nitrogens is 1. The second-order valence-corrected chi connectivity index (χ2v) is 18.9. The Morgan fingerprint density at radius 2 is 1.03 bits per heavy atom. The molecule has 1 atom stereocenters. The molecule has 1 aromatic heterocycles. The zero-order valence-corrected chi connectivity index (χ0v) is 37.4. The van der Waals surface area contributed by atoms with Crippen molar-refractivity contribution in [3.05, 3.63) is 252 Å². The van der Waals surface area contributed by atoms with Gasteiger partial charge < -0.3 is 9.47 Å². The first-order valence-corrected chi connectivity index (χ1v) is 24.2. The highest BCUT2D eigenvalue weighted by Gasteiger charge is 2.52. The third kappa shape index (κ3) is 5.57. The summed E-state index contributed by atoms with van der Waals surface area (Å²) < 4.78 is 2.44. The smallest absolute Gasteiger partial charge is 0.0729 e. The molecule has 14 rings (SSSR count). The number of anilines is 3. The van der Waals surface area contributed by atoms with Crippen LogP contribution in [0.4, 0.5) is 17.1 Å². The molecule has 1 fully saturated rings. The van der Waals surface area contributed by atoms with Gasteiger partial charge in [-0.05, 0) is 134 Å². The average molecular weight is 857 g/mol. The van der Waals surface area contributed by atoms with Gasteiger partial charge in [0.2, 0.25) is 0 Å². The molecular weight excluding hydrogens is 809 g/mol. The molecule has 0 N–H and O–H groups in total. The molecule has 1 spiro atoms. The van der Waals surface area contributed by atoms with Crippen molar-refractivity contribution in [3.8, 4) is 39.1 Å². The van der Waals surface area contributed by atoms with Gasteiger partial charge in [0.1, 0.15) is 0 Å². The van der Waals surface area contributed by atoms with Crippen LogP contribution in [-0.2, 0) is 5.41 Å². The van der Waals surface area contributed by atoms with Crippen LogP contribution in [0.3, 0.4) is 0 Å². The molecular formula is C65H48N2. The van der Waals surface area contributed by atoms with E-state index < -0.39 is 5.41 Å². The third-order valence-corrected chi connectivity index (χ3v) is 15.6. The number of nitrogens with zero attached hydrogens (tertiary/aromatic N) is 2. The summed E-state index contributed by atoms with van der Waals surface area (Å²) >= 11 is 0. The minimum absolute atomic E-state index is 0.514. The Hall–Kier alpha value is -7.94. The van der Waals surface area contributed by atoms with Gasteiger partial charge in [-0.15, -0.1) is 0 Å². The summed E-state index contributed by atoms with van der Waals surface area (Å²) in [5.41, 5.74) is 21.3. The fourth-order valence-corrected chi connectivity index (χ4v) is 12.8. The quantitative estimate of drug-likeness (QED) is 0.162. The van der Waals surface area contributed by atoms with Crippen LogP contribution in [0.15, 0.2) is 224 Å². The molecule has 0 bridgehead atoms. The number of fused-ring (bicyclic) bond motifs is 12. The molecule has 2 nitrogen and oxygen atoms in total. The van der Waals surface area contributed by atoms with Gasteiger partial charge in [0.05, 0.1) is 22.1 Å². The molecule has 0 radical (unpaired) electrons. The minimum Gasteiger partial charge on any atom is -0.310 e. The van der Waals surface area contributed by atoms with E-state index in [2.05, 4.69) is 234 Å². The van der Waals surface area contributed by atoms with E-state index in [1.54, 1.807) is 0 Å². The second kappa shape index (κ2) is 15.1. The largest absolute Gasteiger partial charge is 0.310 e. The minimum atomic E-state index is -0.534. The normalized spacial score (nSPS) is 16.1. The summed E-state index contributed by atoms with van der Waals surface area (Å²) in [7, 11) is 0. The lowest BCUT2D eigenvalue weighted by molar-refractivity contribution is 0.440. The SMILES string of the molecule is c1ccc(-c2ccccc2N(c2ccc3c(c2)C2(c4ccccc4-3)c3ccccc3-c3cccc4ccc(C5CCCCC5)c2c34)c2ccc3c4ccccc4n(-c4ccccc4)c3c2)cc1. The summed E-state index contributed by atoms with van der Waals surface area (Å²) in [4.78, 5) is 2.54. The number of hydrogen-bond donors (Lipinski definition) is 0. The first-order valence-electron chi connectivity index (χ1n) is 24.2. The van der Waals surface area contributed by atoms with Crippen molar-refractivity contribution in [1.29, 1.82) is 0 Å². The summed E-state index contributed by atoms with van der Waals surface area (Å²) in [5.74, 6) is 0.514. The lowest BCUT2D eigenvalue weighted by Crippen LogP contribution is -2.34. The van der Waals surface area contributed by atoms with Gasteiger partial charge in [-0.3, -0.25) is 0 Å². The summed E-state index contributed by atoms with van der Waals surface area (Å²) in [5, 5.41) is 5.23. The van der Waals surface area contributed by atoms with Crippen molar-refractivity contribution in [2.75, 3.05) is 4.90 Å². The first-order chi connectivity index (χ1) is 33.3. The maximum Gasteiger partial charge on any atom is 0.0729 e. The number of benzene rings is 10. The van der Waals surface area contributed by atoms with E-state index in [1.807, 2.05) is 0 Å². The molecule has 3 aliphatic rings. The molecule has 67 heavy (non-hydrogen) atoms. The van der Waals surface area contributed by atoms with Crippen LogP contribution in [0.25, 0.3) is 71.6 Å². The fourth-order valence-electron chi connectivity index (χ4n) is 12.8. The summed E-state index contributed by atoms with van der Waals surface area (Å²) in [6.45, 7) is 0. The van der Waals surface area contributed by atoms with Crippen LogP contribution in [0.5, 0.6) is 0 Å². The number of rotatable bonds is 6. The van der Waals surface area contributed by atoms with Crippen molar-refractivity contribution in [3.63, 3.8) is 0 Å². The van der Waals surface area contributed by atoms with Gasteiger partial charge in [0, 0.05) is 33.4 Å². The molecule has 318 valence electrons. The van der Waals surface area contributed by atoms with Gasteiger partial charge in [-0.25, -0.2) is 0 Å². The first kappa shape index (κ1) is 38.3. The van der Waals surface area contributed by atoms with E-state index in [1.165, 1.54) is 126 Å². The van der Waals surface area contributed by atoms with E-state index in [9.17, 15) is 0 Å². The lowest BCUT2D eigenvalue weighted by Gasteiger charge is -2.43. The van der Waals surface area contributed by atoms with Gasteiger partial charge >= 0.3 is 0 Å². The molecule has 1 heterocycles. The molecule has 1 saturated carbocycles. The third-order valence-electron chi connectivity index (χ3n) is 15.6. The predicted octanol–water partition coefficient (Wildman–Crippen LogP) is 17.5. The van der Waals surface area contributed by atoms with Crippen molar-refractivity contribution in [2.24, 2.45) is 0 Å². The van der Waals surface area contributed by atoms with Crippen molar-refractivity contribution < 1.29 is 0 Å². The van der Waals surface area contributed by atoms with Crippen molar-refractivity contribution in [1.82, 2.24) is 4.57 Å². The van der Waals surface area contributed by atoms with Crippen LogP contribution in [0.2, 0.25) is 0 Å². The molecule has 3 aliphatic carbocycles. The van der Waals surface area contributed by atoms with Gasteiger partial charge in [0.25, 0.3) is 0 Å². The van der Waals surface area contributed by atoms with E-state index in [4.69, 9.17) is 0 Å². The van der Waals surface area contributed by atoms with Gasteiger partial charge in [0.15, 0.2) is 0 Å². The van der Waals surface area contributed by atoms with Gasteiger partial charge in [-0.1, -0.05) is 195 Å². The second-order valence-electron chi connectivity index (χ2n) is 18.9. The monoisotopic (exact) mass is 856 g/mol. The molecule has 0 amide bonds. The Labute approximate surface area is 392 Å². The van der Waals surface area contributed by atoms with Crippen LogP contribution in [0.1, 0.15) is 65.8 Å². The molecule has 0 aliphatic heterocycles. The molecule has 1 unspecified atom stereocenters. The van der Waals surface area contributed by atoms with Crippen molar-refractivity contribution in [2.45, 2.75) is 43.4 Å². The number of para-hydroxylation sites is 3. The topological polar surface area (TPSA) is 8.17 Å². The zero-order valence-electron chi connectivity index (χ0n) is 37.4. The lowest BCUT2D eigenvalue weighted by atomic mass is 9.59. The molecule has 2 heteroatoms. The fraction of sp³-hybridized carbons (Fsp3) is 0.108. The Balaban J connectivity index is 1.09. The van der Waals surface area contributed by atoms with Crippen LogP contribution in [0, 0.1) is 0 Å². The maximum atomic E-state index is 2.59. The summed E-state index contributed by atoms with van der Waals surface area (Å²) in [6.07, 6.45) is 6.37. The van der Waals surface area contributed by atoms with Gasteiger partial charge in [-0.2, -0.15) is 0 Å². The van der Waals surface area contributed by atoms with Crippen LogP contribution in [-0.4, -0.2) is 4.57 Å². The molecule has 0 saturated heterocycles. The maximum absolute atomic E-state index is 2.59. The van der Waals surface area contributed by atoms with E-state index >= 15 is 0 Å². The Kier molecular flexibility index (Phi) is 8.61. The van der Waals surface area contributed by atoms with E-state index in [0.717, 1.165) is 22.7 Å². The highest BCUT2D eigenvalue weighted by atomic mass is 15.1.